The van der Waals surface area contributed by atoms with Gasteiger partial charge in [0.05, 0.1) is 17.0 Å². The van der Waals surface area contributed by atoms with E-state index in [0.29, 0.717) is 27.5 Å². The Morgan fingerprint density at radius 2 is 2.08 bits per heavy atom. The summed E-state index contributed by atoms with van der Waals surface area (Å²) in [6.45, 7) is 11.3. The highest BCUT2D eigenvalue weighted by Crippen LogP contribution is 2.35. The van der Waals surface area contributed by atoms with Crippen molar-refractivity contribution >= 4 is 35.4 Å². The number of nitrogens with zero attached hydrogens (tertiary/aromatic N) is 4. The molecule has 1 aromatic carbocycles. The standard InChI is InChI=1S/C19H25ClN4OS/c1-7-24(6)12-22-15-10-13(2)16(11-14(15)20)25-17-8-9-21-18(23-17)26-19(3,4)5/h8-12H,7H2,1-6H3. The Bertz CT molecular complexity index is 790. The number of halogens is 1. The average molecular weight is 393 g/mol. The second kappa shape index (κ2) is 8.73. The van der Waals surface area contributed by atoms with Crippen molar-refractivity contribution in [2.24, 2.45) is 4.99 Å². The van der Waals surface area contributed by atoms with E-state index >= 15 is 0 Å². The minimum absolute atomic E-state index is 0.0309. The van der Waals surface area contributed by atoms with Crippen molar-refractivity contribution in [2.75, 3.05) is 13.6 Å². The van der Waals surface area contributed by atoms with Gasteiger partial charge in [-0.3, -0.25) is 0 Å². The van der Waals surface area contributed by atoms with Crippen LogP contribution in [0.1, 0.15) is 33.3 Å². The molecule has 2 rings (SSSR count). The number of rotatable bonds is 6. The zero-order valence-corrected chi connectivity index (χ0v) is 17.6. The molecule has 0 aliphatic carbocycles. The molecule has 0 unspecified atom stereocenters. The van der Waals surface area contributed by atoms with Crippen LogP contribution in [0, 0.1) is 6.92 Å². The van der Waals surface area contributed by atoms with E-state index in [1.807, 2.05) is 24.9 Å². The lowest BCUT2D eigenvalue weighted by Crippen LogP contribution is -2.14. The van der Waals surface area contributed by atoms with Crippen LogP contribution in [-0.2, 0) is 0 Å². The fourth-order valence-electron chi connectivity index (χ4n) is 1.92. The second-order valence-electron chi connectivity index (χ2n) is 6.88. The van der Waals surface area contributed by atoms with Gasteiger partial charge in [-0.2, -0.15) is 4.98 Å². The minimum atomic E-state index is 0.0309. The first-order valence-corrected chi connectivity index (χ1v) is 9.62. The Hall–Kier alpha value is -1.79. The lowest BCUT2D eigenvalue weighted by Gasteiger charge is -2.16. The molecule has 0 saturated heterocycles. The predicted molar refractivity (Wildman–Crippen MR) is 110 cm³/mol. The van der Waals surface area contributed by atoms with Gasteiger partial charge in [-0.15, -0.1) is 0 Å². The van der Waals surface area contributed by atoms with Gasteiger partial charge in [0, 0.05) is 36.7 Å². The molecule has 0 fully saturated rings. The molecular formula is C19H25ClN4OS. The molecule has 0 aliphatic heterocycles. The van der Waals surface area contributed by atoms with Crippen LogP contribution in [0.4, 0.5) is 5.69 Å². The monoisotopic (exact) mass is 392 g/mol. The summed E-state index contributed by atoms with van der Waals surface area (Å²) in [5.41, 5.74) is 1.65. The van der Waals surface area contributed by atoms with Crippen LogP contribution in [0.25, 0.3) is 0 Å². The third-order valence-electron chi connectivity index (χ3n) is 3.36. The zero-order chi connectivity index (χ0) is 19.3. The summed E-state index contributed by atoms with van der Waals surface area (Å²) < 4.78 is 5.97. The molecule has 5 nitrogen and oxygen atoms in total. The van der Waals surface area contributed by atoms with Crippen molar-refractivity contribution in [3.8, 4) is 11.6 Å². The molecule has 0 N–H and O–H groups in total. The van der Waals surface area contributed by atoms with Crippen LogP contribution >= 0.6 is 23.4 Å². The molecule has 0 bridgehead atoms. The number of ether oxygens (including phenoxy) is 1. The van der Waals surface area contributed by atoms with Gasteiger partial charge in [-0.25, -0.2) is 9.98 Å². The van der Waals surface area contributed by atoms with E-state index in [9.17, 15) is 0 Å². The van der Waals surface area contributed by atoms with Crippen LogP contribution in [0.2, 0.25) is 5.02 Å². The van der Waals surface area contributed by atoms with Gasteiger partial charge in [0.25, 0.3) is 0 Å². The van der Waals surface area contributed by atoms with E-state index in [1.165, 1.54) is 0 Å². The first kappa shape index (κ1) is 20.5. The number of hydrogen-bond donors (Lipinski definition) is 0. The van der Waals surface area contributed by atoms with Gasteiger partial charge in [0.15, 0.2) is 5.16 Å². The highest BCUT2D eigenvalue weighted by atomic mass is 35.5. The SMILES string of the molecule is CCN(C)C=Nc1cc(C)c(Oc2ccnc(SC(C)(C)C)n2)cc1Cl. The Kier molecular flexibility index (Phi) is 6.89. The maximum atomic E-state index is 6.36. The molecule has 140 valence electrons. The Balaban J connectivity index is 2.21. The van der Waals surface area contributed by atoms with Gasteiger partial charge >= 0.3 is 0 Å². The summed E-state index contributed by atoms with van der Waals surface area (Å²) in [6, 6.07) is 5.42. The lowest BCUT2D eigenvalue weighted by atomic mass is 10.2. The van der Waals surface area contributed by atoms with Gasteiger partial charge in [-0.05, 0) is 25.5 Å². The quantitative estimate of drug-likeness (QED) is 0.272. The summed E-state index contributed by atoms with van der Waals surface area (Å²) in [5, 5.41) is 1.22. The molecule has 26 heavy (non-hydrogen) atoms. The summed E-state index contributed by atoms with van der Waals surface area (Å²) >= 11 is 7.96. The van der Waals surface area contributed by atoms with Gasteiger partial charge in [0.1, 0.15) is 5.75 Å². The molecule has 7 heteroatoms. The predicted octanol–water partition coefficient (Wildman–Crippen LogP) is 5.73. The minimum Gasteiger partial charge on any atom is -0.439 e. The number of hydrogen-bond acceptors (Lipinski definition) is 5. The fourth-order valence-corrected chi connectivity index (χ4v) is 2.92. The van der Waals surface area contributed by atoms with Crippen LogP contribution in [0.5, 0.6) is 11.6 Å². The number of aliphatic imine (C=N–C) groups is 1. The van der Waals surface area contributed by atoms with E-state index in [0.717, 1.165) is 12.1 Å². The Labute approximate surface area is 164 Å². The Morgan fingerprint density at radius 1 is 1.35 bits per heavy atom. The highest BCUT2D eigenvalue weighted by molar-refractivity contribution is 8.00. The van der Waals surface area contributed by atoms with Crippen LogP contribution in [0.3, 0.4) is 0 Å². The molecule has 0 atom stereocenters. The van der Waals surface area contributed by atoms with Gasteiger partial charge in [0.2, 0.25) is 5.88 Å². The Morgan fingerprint density at radius 3 is 2.73 bits per heavy atom. The van der Waals surface area contributed by atoms with Crippen molar-refractivity contribution in [1.82, 2.24) is 14.9 Å². The highest BCUT2D eigenvalue weighted by Gasteiger charge is 2.15. The van der Waals surface area contributed by atoms with Crippen molar-refractivity contribution in [1.29, 1.82) is 0 Å². The van der Waals surface area contributed by atoms with Gasteiger partial charge in [-0.1, -0.05) is 44.1 Å². The van der Waals surface area contributed by atoms with E-state index < -0.39 is 0 Å². The molecule has 0 aliphatic rings. The topological polar surface area (TPSA) is 50.6 Å². The van der Waals surface area contributed by atoms with Crippen molar-refractivity contribution in [3.63, 3.8) is 0 Å². The van der Waals surface area contributed by atoms with Gasteiger partial charge < -0.3 is 9.64 Å². The van der Waals surface area contributed by atoms with E-state index in [2.05, 4.69) is 42.7 Å². The normalized spacial score (nSPS) is 11.8. The fraction of sp³-hybridized carbons (Fsp3) is 0.421. The van der Waals surface area contributed by atoms with E-state index in [4.69, 9.17) is 16.3 Å². The molecule has 1 heterocycles. The number of benzene rings is 1. The van der Waals surface area contributed by atoms with Crippen molar-refractivity contribution < 1.29 is 4.74 Å². The largest absolute Gasteiger partial charge is 0.439 e. The zero-order valence-electron chi connectivity index (χ0n) is 16.1. The second-order valence-corrected chi connectivity index (χ2v) is 9.08. The first-order valence-electron chi connectivity index (χ1n) is 8.42. The number of thioether (sulfide) groups is 1. The molecule has 0 saturated carbocycles. The third-order valence-corrected chi connectivity index (χ3v) is 4.65. The summed E-state index contributed by atoms with van der Waals surface area (Å²) in [5.74, 6) is 1.15. The van der Waals surface area contributed by atoms with Crippen LogP contribution in [0.15, 0.2) is 34.5 Å². The maximum absolute atomic E-state index is 6.36. The molecular weight excluding hydrogens is 368 g/mol. The molecule has 2 aromatic rings. The first-order chi connectivity index (χ1) is 12.2. The van der Waals surface area contributed by atoms with Crippen molar-refractivity contribution in [2.45, 2.75) is 44.5 Å². The third kappa shape index (κ3) is 6.18. The molecule has 1 aromatic heterocycles. The average Bonchev–Trinajstić information content (AvgIpc) is 2.55. The van der Waals surface area contributed by atoms with E-state index in [-0.39, 0.29) is 4.75 Å². The summed E-state index contributed by atoms with van der Waals surface area (Å²) in [6.07, 6.45) is 3.47. The maximum Gasteiger partial charge on any atom is 0.223 e. The van der Waals surface area contributed by atoms with Crippen LogP contribution in [-0.4, -0.2) is 39.5 Å². The van der Waals surface area contributed by atoms with Crippen LogP contribution < -0.4 is 4.74 Å². The molecule has 0 spiro atoms. The van der Waals surface area contributed by atoms with Crippen molar-refractivity contribution in [3.05, 3.63) is 35.0 Å². The molecule has 0 radical (unpaired) electrons. The lowest BCUT2D eigenvalue weighted by molar-refractivity contribution is 0.452. The summed E-state index contributed by atoms with van der Waals surface area (Å²) in [7, 11) is 1.96. The number of aromatic nitrogens is 2. The smallest absolute Gasteiger partial charge is 0.223 e. The van der Waals surface area contributed by atoms with E-state index in [1.54, 1.807) is 36.4 Å². The summed E-state index contributed by atoms with van der Waals surface area (Å²) in [4.78, 5) is 15.2. The molecule has 0 amide bonds. The number of aryl methyl sites for hydroxylation is 1.